The van der Waals surface area contributed by atoms with Crippen molar-refractivity contribution in [3.05, 3.63) is 56.7 Å². The Kier molecular flexibility index (Phi) is 4.62. The summed E-state index contributed by atoms with van der Waals surface area (Å²) >= 11 is 1.91. The van der Waals surface area contributed by atoms with E-state index in [2.05, 4.69) is 0 Å². The van der Waals surface area contributed by atoms with E-state index < -0.39 is 11.9 Å². The first-order valence-electron chi connectivity index (χ1n) is 6.17. The van der Waals surface area contributed by atoms with Crippen LogP contribution in [0.4, 0.5) is 0 Å². The number of aromatic carboxylic acids is 1. The molecule has 0 radical (unpaired) electrons. The molecule has 0 aliphatic heterocycles. The fraction of sp³-hybridized carbons (Fsp3) is 0.125. The lowest BCUT2D eigenvalue weighted by Crippen LogP contribution is -2.08. The third-order valence-corrected chi connectivity index (χ3v) is 4.07. The van der Waals surface area contributed by atoms with Crippen molar-refractivity contribution in [2.45, 2.75) is 6.92 Å². The molecule has 2 aromatic carbocycles. The highest BCUT2D eigenvalue weighted by molar-refractivity contribution is 14.1. The largest absolute Gasteiger partial charge is 0.478 e. The first-order valence-corrected chi connectivity index (χ1v) is 7.24. The molecule has 0 aliphatic rings. The zero-order valence-electron chi connectivity index (χ0n) is 11.5. The first-order chi connectivity index (χ1) is 9.95. The summed E-state index contributed by atoms with van der Waals surface area (Å²) < 4.78 is 5.30. The molecule has 5 heteroatoms. The minimum atomic E-state index is -1.02. The average molecular weight is 396 g/mol. The summed E-state index contributed by atoms with van der Waals surface area (Å²) in [5.74, 6) is -1.51. The zero-order chi connectivity index (χ0) is 15.6. The standard InChI is InChI=1S/C16H13IO4/c1-9-5-3-4-6-10(9)11-7-13(15(18)19)14(17)8-12(11)16(20)21-2/h3-8H,1-2H3,(H,18,19). The zero-order valence-corrected chi connectivity index (χ0v) is 13.7. The van der Waals surface area contributed by atoms with Gasteiger partial charge in [0.2, 0.25) is 0 Å². The van der Waals surface area contributed by atoms with Crippen molar-refractivity contribution in [2.75, 3.05) is 7.11 Å². The minimum Gasteiger partial charge on any atom is -0.478 e. The van der Waals surface area contributed by atoms with Gasteiger partial charge < -0.3 is 9.84 Å². The van der Waals surface area contributed by atoms with Gasteiger partial charge in [-0.1, -0.05) is 24.3 Å². The van der Waals surface area contributed by atoms with Crippen molar-refractivity contribution in [3.63, 3.8) is 0 Å². The van der Waals surface area contributed by atoms with Crippen LogP contribution in [0.15, 0.2) is 36.4 Å². The van der Waals surface area contributed by atoms with E-state index in [-0.39, 0.29) is 5.56 Å². The summed E-state index contributed by atoms with van der Waals surface area (Å²) in [7, 11) is 1.31. The fourth-order valence-electron chi connectivity index (χ4n) is 2.11. The van der Waals surface area contributed by atoms with E-state index in [1.165, 1.54) is 13.2 Å². The van der Waals surface area contributed by atoms with Gasteiger partial charge in [-0.15, -0.1) is 0 Å². The number of hydrogen-bond donors (Lipinski definition) is 1. The van der Waals surface area contributed by atoms with E-state index in [0.29, 0.717) is 14.7 Å². The highest BCUT2D eigenvalue weighted by atomic mass is 127. The molecule has 2 aromatic rings. The second-order valence-electron chi connectivity index (χ2n) is 4.49. The Morgan fingerprint density at radius 3 is 2.33 bits per heavy atom. The van der Waals surface area contributed by atoms with Crippen LogP contribution in [-0.4, -0.2) is 24.2 Å². The third kappa shape index (κ3) is 3.07. The number of carboxylic acids is 1. The van der Waals surface area contributed by atoms with Gasteiger partial charge in [-0.3, -0.25) is 0 Å². The molecule has 0 spiro atoms. The lowest BCUT2D eigenvalue weighted by molar-refractivity contribution is 0.0599. The number of aryl methyl sites for hydroxylation is 1. The van der Waals surface area contributed by atoms with Crippen LogP contribution >= 0.6 is 22.6 Å². The quantitative estimate of drug-likeness (QED) is 0.634. The fourth-order valence-corrected chi connectivity index (χ4v) is 2.81. The Labute approximate surface area is 135 Å². The molecule has 0 unspecified atom stereocenters. The topological polar surface area (TPSA) is 63.6 Å². The molecule has 21 heavy (non-hydrogen) atoms. The minimum absolute atomic E-state index is 0.168. The van der Waals surface area contributed by atoms with Gasteiger partial charge in [-0.05, 0) is 58.3 Å². The molecule has 0 amide bonds. The van der Waals surface area contributed by atoms with E-state index in [1.807, 2.05) is 53.8 Å². The second kappa shape index (κ2) is 6.26. The van der Waals surface area contributed by atoms with Gasteiger partial charge >= 0.3 is 11.9 Å². The van der Waals surface area contributed by atoms with Gasteiger partial charge in [-0.2, -0.15) is 0 Å². The molecule has 4 nitrogen and oxygen atoms in total. The van der Waals surface area contributed by atoms with Crippen molar-refractivity contribution in [2.24, 2.45) is 0 Å². The normalized spacial score (nSPS) is 10.2. The van der Waals surface area contributed by atoms with Crippen LogP contribution in [0.25, 0.3) is 11.1 Å². The summed E-state index contributed by atoms with van der Waals surface area (Å²) in [6.45, 7) is 1.91. The molecule has 0 aromatic heterocycles. The predicted octanol–water partition coefficient (Wildman–Crippen LogP) is 3.75. The van der Waals surface area contributed by atoms with Crippen LogP contribution in [0.2, 0.25) is 0 Å². The van der Waals surface area contributed by atoms with Crippen LogP contribution in [0.1, 0.15) is 26.3 Å². The molecule has 0 saturated heterocycles. The SMILES string of the molecule is COC(=O)c1cc(I)c(C(=O)O)cc1-c1ccccc1C. The highest BCUT2D eigenvalue weighted by Crippen LogP contribution is 2.31. The summed E-state index contributed by atoms with van der Waals surface area (Å²) in [5.41, 5.74) is 2.87. The van der Waals surface area contributed by atoms with E-state index in [4.69, 9.17) is 4.74 Å². The lowest BCUT2D eigenvalue weighted by Gasteiger charge is -2.13. The number of benzene rings is 2. The third-order valence-electron chi connectivity index (χ3n) is 3.18. The van der Waals surface area contributed by atoms with Gasteiger partial charge in [0.15, 0.2) is 0 Å². The van der Waals surface area contributed by atoms with Gasteiger partial charge in [-0.25, -0.2) is 9.59 Å². The van der Waals surface area contributed by atoms with Crippen molar-refractivity contribution in [1.82, 2.24) is 0 Å². The molecular weight excluding hydrogens is 383 g/mol. The summed E-state index contributed by atoms with van der Waals surface area (Å²) in [6, 6.07) is 10.6. The smallest absolute Gasteiger partial charge is 0.338 e. The van der Waals surface area contributed by atoms with Crippen LogP contribution in [0, 0.1) is 10.5 Å². The Bertz CT molecular complexity index is 722. The van der Waals surface area contributed by atoms with Crippen LogP contribution in [0.3, 0.4) is 0 Å². The molecule has 0 atom stereocenters. The average Bonchev–Trinajstić information content (AvgIpc) is 2.46. The second-order valence-corrected chi connectivity index (χ2v) is 5.65. The molecule has 0 heterocycles. The van der Waals surface area contributed by atoms with Crippen molar-refractivity contribution >= 4 is 34.5 Å². The van der Waals surface area contributed by atoms with Gasteiger partial charge in [0, 0.05) is 3.57 Å². The maximum Gasteiger partial charge on any atom is 0.338 e. The molecular formula is C16H13IO4. The molecule has 0 bridgehead atoms. The maximum atomic E-state index is 12.0. The Balaban J connectivity index is 2.78. The van der Waals surface area contributed by atoms with E-state index in [9.17, 15) is 14.7 Å². The molecule has 2 rings (SSSR count). The number of carboxylic acid groups (broad SMARTS) is 1. The van der Waals surface area contributed by atoms with Gasteiger partial charge in [0.25, 0.3) is 0 Å². The number of ether oxygens (including phenoxy) is 1. The summed E-state index contributed by atoms with van der Waals surface area (Å²) in [6.07, 6.45) is 0. The van der Waals surface area contributed by atoms with E-state index in [1.54, 1.807) is 6.07 Å². The molecule has 0 saturated carbocycles. The number of carbonyl (C=O) groups excluding carboxylic acids is 1. The van der Waals surface area contributed by atoms with Crippen molar-refractivity contribution in [3.8, 4) is 11.1 Å². The number of methoxy groups -OCH3 is 1. The first kappa shape index (κ1) is 15.5. The number of carbonyl (C=O) groups is 2. The van der Waals surface area contributed by atoms with Crippen molar-refractivity contribution < 1.29 is 19.4 Å². The number of esters is 1. The molecule has 0 aliphatic carbocycles. The highest BCUT2D eigenvalue weighted by Gasteiger charge is 2.20. The van der Waals surface area contributed by atoms with Crippen molar-refractivity contribution in [1.29, 1.82) is 0 Å². The lowest BCUT2D eigenvalue weighted by atomic mass is 9.94. The van der Waals surface area contributed by atoms with E-state index in [0.717, 1.165) is 11.1 Å². The van der Waals surface area contributed by atoms with Gasteiger partial charge in [0.1, 0.15) is 0 Å². The molecule has 1 N–H and O–H groups in total. The maximum absolute atomic E-state index is 12.0. The number of halogens is 1. The van der Waals surface area contributed by atoms with Crippen LogP contribution < -0.4 is 0 Å². The monoisotopic (exact) mass is 396 g/mol. The van der Waals surface area contributed by atoms with E-state index >= 15 is 0 Å². The molecule has 108 valence electrons. The summed E-state index contributed by atoms with van der Waals surface area (Å²) in [5, 5.41) is 9.27. The molecule has 0 fully saturated rings. The Morgan fingerprint density at radius 2 is 1.76 bits per heavy atom. The predicted molar refractivity (Wildman–Crippen MR) is 87.6 cm³/mol. The van der Waals surface area contributed by atoms with Crippen LogP contribution in [0.5, 0.6) is 0 Å². The van der Waals surface area contributed by atoms with Crippen LogP contribution in [-0.2, 0) is 4.74 Å². The Hall–Kier alpha value is -1.89. The van der Waals surface area contributed by atoms with Gasteiger partial charge in [0.05, 0.1) is 18.2 Å². The number of hydrogen-bond acceptors (Lipinski definition) is 3. The number of rotatable bonds is 3. The Morgan fingerprint density at radius 1 is 1.10 bits per heavy atom. The summed E-state index contributed by atoms with van der Waals surface area (Å²) in [4.78, 5) is 23.3.